The van der Waals surface area contributed by atoms with Gasteiger partial charge >= 0.3 is 5.97 Å². The summed E-state index contributed by atoms with van der Waals surface area (Å²) in [4.78, 5) is 36.6. The number of allylic oxidation sites excluding steroid dienone is 1. The molecule has 0 bridgehead atoms. The lowest BCUT2D eigenvalue weighted by Gasteiger charge is -2.36. The van der Waals surface area contributed by atoms with Crippen molar-refractivity contribution in [2.45, 2.75) is 32.7 Å². The molecule has 2 aliphatic rings. The number of nitrogens with one attached hydrogen (secondary N) is 1. The molecule has 0 fully saturated rings. The van der Waals surface area contributed by atoms with Gasteiger partial charge in [-0.1, -0.05) is 41.6 Å². The molecule has 2 aliphatic heterocycles. The summed E-state index contributed by atoms with van der Waals surface area (Å²) in [5, 5.41) is 6.21. The van der Waals surface area contributed by atoms with Crippen molar-refractivity contribution in [3.05, 3.63) is 87.3 Å². The van der Waals surface area contributed by atoms with Crippen molar-refractivity contribution in [2.75, 3.05) is 13.2 Å². The predicted molar refractivity (Wildman–Crippen MR) is 134 cm³/mol. The van der Waals surface area contributed by atoms with E-state index in [4.69, 9.17) is 16.3 Å². The highest BCUT2D eigenvalue weighted by Gasteiger charge is 2.41. The number of rotatable bonds is 8. The van der Waals surface area contributed by atoms with E-state index < -0.39 is 12.0 Å². The molecule has 0 spiro atoms. The molecule has 0 aliphatic carbocycles. The van der Waals surface area contributed by atoms with Crippen molar-refractivity contribution in [2.24, 2.45) is 4.99 Å². The first-order valence-electron chi connectivity index (χ1n) is 11.0. The van der Waals surface area contributed by atoms with Crippen LogP contribution >= 0.6 is 23.4 Å². The Morgan fingerprint density at radius 2 is 2.00 bits per heavy atom. The van der Waals surface area contributed by atoms with Gasteiger partial charge in [0.1, 0.15) is 0 Å². The number of amidine groups is 1. The van der Waals surface area contributed by atoms with Crippen LogP contribution in [0.2, 0.25) is 5.02 Å². The van der Waals surface area contributed by atoms with Crippen LogP contribution in [0, 0.1) is 0 Å². The third kappa shape index (κ3) is 5.34. The van der Waals surface area contributed by atoms with Crippen molar-refractivity contribution in [1.29, 1.82) is 0 Å². The van der Waals surface area contributed by atoms with Gasteiger partial charge in [0, 0.05) is 35.6 Å². The number of carbonyl (C=O) groups excluding carboxylic acids is 2. The number of pyridine rings is 1. The minimum Gasteiger partial charge on any atom is -0.463 e. The third-order valence-electron chi connectivity index (χ3n) is 5.45. The average molecular weight is 497 g/mol. The minimum absolute atomic E-state index is 0.108. The summed E-state index contributed by atoms with van der Waals surface area (Å²) >= 11 is 7.56. The Balaban J connectivity index is 1.54. The van der Waals surface area contributed by atoms with Gasteiger partial charge in [-0.05, 0) is 49.1 Å². The highest BCUT2D eigenvalue weighted by atomic mass is 35.5. The number of ether oxygens (including phenoxy) is 1. The van der Waals surface area contributed by atoms with Crippen LogP contribution in [0.4, 0.5) is 0 Å². The van der Waals surface area contributed by atoms with Crippen molar-refractivity contribution in [3.63, 3.8) is 0 Å². The molecule has 1 unspecified atom stereocenters. The topological polar surface area (TPSA) is 83.9 Å². The molecule has 1 aromatic heterocycles. The molecule has 0 saturated heterocycles. The van der Waals surface area contributed by atoms with Gasteiger partial charge in [0.05, 0.1) is 30.3 Å². The molecule has 0 saturated carbocycles. The van der Waals surface area contributed by atoms with Crippen molar-refractivity contribution < 1.29 is 14.3 Å². The smallest absolute Gasteiger partial charge is 0.338 e. The number of thioether (sulfide) groups is 1. The molecule has 1 amide bonds. The zero-order valence-electron chi connectivity index (χ0n) is 19.0. The van der Waals surface area contributed by atoms with Crippen molar-refractivity contribution in [3.8, 4) is 0 Å². The second-order valence-corrected chi connectivity index (χ2v) is 9.04. The maximum Gasteiger partial charge on any atom is 0.338 e. The number of amides is 1. The van der Waals surface area contributed by atoms with E-state index in [-0.39, 0.29) is 18.9 Å². The zero-order chi connectivity index (χ0) is 24.1. The summed E-state index contributed by atoms with van der Waals surface area (Å²) in [5.41, 5.74) is 3.62. The number of halogens is 1. The molecule has 0 radical (unpaired) electrons. The lowest BCUT2D eigenvalue weighted by molar-refractivity contribution is -0.139. The summed E-state index contributed by atoms with van der Waals surface area (Å²) in [5.74, 6) is -0.526. The van der Waals surface area contributed by atoms with E-state index >= 15 is 0 Å². The van der Waals surface area contributed by atoms with Gasteiger partial charge in [-0.2, -0.15) is 0 Å². The maximum atomic E-state index is 12.9. The summed E-state index contributed by atoms with van der Waals surface area (Å²) in [6, 6.07) is 12.6. The standard InChI is InChI=1S/C25H25ClN4O3S/c1-3-33-24(32)22-16(2)29-25-30(23(22)17-7-9-18(26)10-8-17)20(15-34-25)14-21(31)28-13-11-19-6-4-5-12-27-19/h4-10,12,15,23H,3,11,13-14H2,1-2H3,(H,28,31). The van der Waals surface area contributed by atoms with Crippen LogP contribution in [0.3, 0.4) is 0 Å². The van der Waals surface area contributed by atoms with Gasteiger partial charge in [0.15, 0.2) is 5.17 Å². The molecule has 7 nitrogen and oxygen atoms in total. The fourth-order valence-electron chi connectivity index (χ4n) is 3.90. The molecule has 1 N–H and O–H groups in total. The molecular weight excluding hydrogens is 472 g/mol. The Hall–Kier alpha value is -3.10. The summed E-state index contributed by atoms with van der Waals surface area (Å²) in [6.45, 7) is 4.33. The lowest BCUT2D eigenvalue weighted by Crippen LogP contribution is -2.38. The molecular formula is C25H25ClN4O3S. The highest BCUT2D eigenvalue weighted by Crippen LogP contribution is 2.44. The van der Waals surface area contributed by atoms with Crippen LogP contribution in [0.5, 0.6) is 0 Å². The highest BCUT2D eigenvalue weighted by molar-refractivity contribution is 8.16. The molecule has 176 valence electrons. The summed E-state index contributed by atoms with van der Waals surface area (Å²) in [7, 11) is 0. The monoisotopic (exact) mass is 496 g/mol. The number of benzene rings is 1. The first kappa shape index (κ1) is 24.0. The molecule has 3 heterocycles. The van der Waals surface area contributed by atoms with Gasteiger partial charge in [-0.15, -0.1) is 0 Å². The molecule has 2 aromatic rings. The molecule has 4 rings (SSSR count). The van der Waals surface area contributed by atoms with Gasteiger partial charge in [0.2, 0.25) is 5.91 Å². The fraction of sp³-hybridized carbons (Fsp3) is 0.280. The Morgan fingerprint density at radius 3 is 2.71 bits per heavy atom. The Kier molecular flexibility index (Phi) is 7.70. The van der Waals surface area contributed by atoms with E-state index in [2.05, 4.69) is 15.3 Å². The first-order valence-corrected chi connectivity index (χ1v) is 12.3. The van der Waals surface area contributed by atoms with Gasteiger partial charge in [-0.25, -0.2) is 9.79 Å². The van der Waals surface area contributed by atoms with E-state index in [1.54, 1.807) is 25.3 Å². The van der Waals surface area contributed by atoms with Gasteiger partial charge < -0.3 is 15.0 Å². The van der Waals surface area contributed by atoms with Crippen molar-refractivity contribution >= 4 is 40.4 Å². The number of hydrogen-bond donors (Lipinski definition) is 1. The zero-order valence-corrected chi connectivity index (χ0v) is 20.5. The number of nitrogens with zero attached hydrogens (tertiary/aromatic N) is 3. The van der Waals surface area contributed by atoms with Crippen LogP contribution in [0.1, 0.15) is 37.6 Å². The number of fused-ring (bicyclic) bond motifs is 1. The van der Waals surface area contributed by atoms with Crippen LogP contribution in [-0.4, -0.2) is 40.1 Å². The quantitative estimate of drug-likeness (QED) is 0.537. The predicted octanol–water partition coefficient (Wildman–Crippen LogP) is 4.62. The maximum absolute atomic E-state index is 12.9. The second-order valence-electron chi connectivity index (χ2n) is 7.76. The fourth-order valence-corrected chi connectivity index (χ4v) is 4.99. The average Bonchev–Trinajstić information content (AvgIpc) is 3.21. The number of aliphatic imine (C=N–C) groups is 1. The first-order chi connectivity index (χ1) is 16.5. The Bertz CT molecular complexity index is 1160. The SMILES string of the molecule is CCOC(=O)C1=C(C)N=C2SC=C(CC(=O)NCCc3ccccn3)N2C1c1ccc(Cl)cc1. The van der Waals surface area contributed by atoms with E-state index in [1.807, 2.05) is 47.6 Å². The van der Waals surface area contributed by atoms with Crippen LogP contribution in [0.25, 0.3) is 0 Å². The number of aromatic nitrogens is 1. The number of hydrogen-bond acceptors (Lipinski definition) is 7. The van der Waals surface area contributed by atoms with Crippen LogP contribution in [-0.2, 0) is 20.7 Å². The van der Waals surface area contributed by atoms with Crippen LogP contribution in [0.15, 0.2) is 76.0 Å². The molecule has 34 heavy (non-hydrogen) atoms. The second kappa shape index (κ2) is 10.9. The molecule has 1 atom stereocenters. The molecule has 1 aromatic carbocycles. The summed E-state index contributed by atoms with van der Waals surface area (Å²) in [6.07, 6.45) is 2.55. The normalized spacial score (nSPS) is 17.1. The van der Waals surface area contributed by atoms with Gasteiger partial charge in [0.25, 0.3) is 0 Å². The number of esters is 1. The van der Waals surface area contributed by atoms with E-state index in [0.717, 1.165) is 22.1 Å². The van der Waals surface area contributed by atoms with Gasteiger partial charge in [-0.3, -0.25) is 9.78 Å². The third-order valence-corrected chi connectivity index (χ3v) is 6.59. The Morgan fingerprint density at radius 1 is 1.21 bits per heavy atom. The molecule has 9 heteroatoms. The van der Waals surface area contributed by atoms with Crippen molar-refractivity contribution in [1.82, 2.24) is 15.2 Å². The minimum atomic E-state index is -0.466. The van der Waals surface area contributed by atoms with E-state index in [0.29, 0.717) is 29.3 Å². The Labute approximate surface area is 207 Å². The van der Waals surface area contributed by atoms with E-state index in [1.165, 1.54) is 11.8 Å². The largest absolute Gasteiger partial charge is 0.463 e. The van der Waals surface area contributed by atoms with Crippen LogP contribution < -0.4 is 5.32 Å². The summed E-state index contributed by atoms with van der Waals surface area (Å²) < 4.78 is 5.36. The van der Waals surface area contributed by atoms with E-state index in [9.17, 15) is 9.59 Å². The lowest BCUT2D eigenvalue weighted by atomic mass is 9.94. The number of carbonyl (C=O) groups is 2.